The molecule has 2 rings (SSSR count). The summed E-state index contributed by atoms with van der Waals surface area (Å²) in [5.74, 6) is -2.03. The van der Waals surface area contributed by atoms with Gasteiger partial charge in [0.15, 0.2) is 6.61 Å². The van der Waals surface area contributed by atoms with Gasteiger partial charge in [0.05, 0.1) is 12.7 Å². The Morgan fingerprint density at radius 1 is 1.15 bits per heavy atom. The number of ether oxygens (including phenoxy) is 2. The first-order chi connectivity index (χ1) is 12.9. The van der Waals surface area contributed by atoms with Crippen LogP contribution in [0.25, 0.3) is 6.08 Å². The average molecular weight is 371 g/mol. The zero-order chi connectivity index (χ0) is 19.8. The number of para-hydroxylation sites is 1. The van der Waals surface area contributed by atoms with Crippen LogP contribution in [0.5, 0.6) is 5.75 Å². The maximum absolute atomic E-state index is 14.0. The summed E-state index contributed by atoms with van der Waals surface area (Å²) in [5, 5.41) is 2.41. The number of benzene rings is 2. The molecule has 0 atom stereocenters. The number of methoxy groups -OCH3 is 1. The van der Waals surface area contributed by atoms with Crippen molar-refractivity contribution in [3.63, 3.8) is 0 Å². The van der Waals surface area contributed by atoms with Crippen LogP contribution in [0.2, 0.25) is 0 Å². The van der Waals surface area contributed by atoms with Gasteiger partial charge in [0.2, 0.25) is 11.7 Å². The molecule has 0 fully saturated rings. The molecule has 0 saturated heterocycles. The van der Waals surface area contributed by atoms with Crippen molar-refractivity contribution in [2.75, 3.05) is 19.0 Å². The summed E-state index contributed by atoms with van der Waals surface area (Å²) >= 11 is 0. The summed E-state index contributed by atoms with van der Waals surface area (Å²) in [4.78, 5) is 34.8. The van der Waals surface area contributed by atoms with Crippen molar-refractivity contribution in [2.45, 2.75) is 6.92 Å². The fourth-order valence-electron chi connectivity index (χ4n) is 2.25. The lowest BCUT2D eigenvalue weighted by atomic mass is 10.1. The monoisotopic (exact) mass is 371 g/mol. The smallest absolute Gasteiger partial charge is 0.331 e. The standard InChI is InChI=1S/C20H18FNO5/c1-13(23)22-15-8-9-16(17(21)11-15)18(24)12-27-20(25)10-7-14-5-3-4-6-19(14)26-2/h3-11H,12H2,1-2H3,(H,22,23)/b10-7+. The van der Waals surface area contributed by atoms with Crippen molar-refractivity contribution in [1.82, 2.24) is 0 Å². The van der Waals surface area contributed by atoms with E-state index in [-0.39, 0.29) is 17.2 Å². The molecular weight excluding hydrogens is 353 g/mol. The van der Waals surface area contributed by atoms with Crippen LogP contribution in [0, 0.1) is 5.82 Å². The van der Waals surface area contributed by atoms with Gasteiger partial charge in [-0.3, -0.25) is 9.59 Å². The number of amides is 1. The Kier molecular flexibility index (Phi) is 6.82. The van der Waals surface area contributed by atoms with Crippen LogP contribution >= 0.6 is 0 Å². The van der Waals surface area contributed by atoms with Gasteiger partial charge >= 0.3 is 5.97 Å². The first kappa shape index (κ1) is 19.8. The molecule has 1 N–H and O–H groups in total. The first-order valence-corrected chi connectivity index (χ1v) is 7.99. The van der Waals surface area contributed by atoms with E-state index in [1.54, 1.807) is 24.3 Å². The van der Waals surface area contributed by atoms with Crippen LogP contribution in [0.4, 0.5) is 10.1 Å². The highest BCUT2D eigenvalue weighted by Gasteiger charge is 2.14. The lowest BCUT2D eigenvalue weighted by Crippen LogP contribution is -2.14. The molecule has 0 spiro atoms. The van der Waals surface area contributed by atoms with Gasteiger partial charge in [-0.1, -0.05) is 18.2 Å². The van der Waals surface area contributed by atoms with E-state index in [0.29, 0.717) is 11.3 Å². The van der Waals surface area contributed by atoms with Crippen molar-refractivity contribution in [2.24, 2.45) is 0 Å². The molecule has 0 aromatic heterocycles. The Morgan fingerprint density at radius 2 is 1.89 bits per heavy atom. The quantitative estimate of drug-likeness (QED) is 0.459. The van der Waals surface area contributed by atoms with E-state index < -0.39 is 24.2 Å². The van der Waals surface area contributed by atoms with Crippen molar-refractivity contribution in [1.29, 1.82) is 0 Å². The molecule has 0 aliphatic rings. The second-order valence-electron chi connectivity index (χ2n) is 5.48. The van der Waals surface area contributed by atoms with E-state index in [0.717, 1.165) is 12.1 Å². The summed E-state index contributed by atoms with van der Waals surface area (Å²) in [5.41, 5.74) is 0.668. The van der Waals surface area contributed by atoms with E-state index in [1.807, 2.05) is 0 Å². The van der Waals surface area contributed by atoms with Gasteiger partial charge < -0.3 is 14.8 Å². The minimum atomic E-state index is -0.813. The number of rotatable bonds is 7. The highest BCUT2D eigenvalue weighted by molar-refractivity contribution is 5.99. The summed E-state index contributed by atoms with van der Waals surface area (Å²) in [7, 11) is 1.51. The molecule has 7 heteroatoms. The molecule has 0 heterocycles. The summed E-state index contributed by atoms with van der Waals surface area (Å²) in [6.07, 6.45) is 2.65. The molecule has 27 heavy (non-hydrogen) atoms. The second-order valence-corrected chi connectivity index (χ2v) is 5.48. The number of ketones is 1. The summed E-state index contributed by atoms with van der Waals surface area (Å²) in [6, 6.07) is 10.7. The van der Waals surface area contributed by atoms with Crippen LogP contribution in [0.3, 0.4) is 0 Å². The molecular formula is C20H18FNO5. The number of esters is 1. The SMILES string of the molecule is COc1ccccc1/C=C/C(=O)OCC(=O)c1ccc(NC(C)=O)cc1F. The molecule has 0 saturated carbocycles. The number of hydrogen-bond donors (Lipinski definition) is 1. The number of carbonyl (C=O) groups excluding carboxylic acids is 3. The normalized spacial score (nSPS) is 10.5. The van der Waals surface area contributed by atoms with Crippen LogP contribution < -0.4 is 10.1 Å². The maximum Gasteiger partial charge on any atom is 0.331 e. The lowest BCUT2D eigenvalue weighted by Gasteiger charge is -2.06. The number of halogens is 1. The molecule has 0 aliphatic heterocycles. The molecule has 1 amide bonds. The molecule has 2 aromatic carbocycles. The van der Waals surface area contributed by atoms with Crippen molar-refractivity contribution >= 4 is 29.4 Å². The molecule has 0 bridgehead atoms. The molecule has 0 radical (unpaired) electrons. The van der Waals surface area contributed by atoms with Crippen LogP contribution in [-0.4, -0.2) is 31.4 Å². The highest BCUT2D eigenvalue weighted by atomic mass is 19.1. The fraction of sp³-hybridized carbons (Fsp3) is 0.150. The summed E-state index contributed by atoms with van der Waals surface area (Å²) in [6.45, 7) is 0.681. The summed E-state index contributed by atoms with van der Waals surface area (Å²) < 4.78 is 24.0. The fourth-order valence-corrected chi connectivity index (χ4v) is 2.25. The van der Waals surface area contributed by atoms with Gasteiger partial charge in [0, 0.05) is 24.3 Å². The van der Waals surface area contributed by atoms with Gasteiger partial charge in [-0.25, -0.2) is 9.18 Å². The van der Waals surface area contributed by atoms with Crippen molar-refractivity contribution < 1.29 is 28.2 Å². The predicted molar refractivity (Wildman–Crippen MR) is 98.0 cm³/mol. The first-order valence-electron chi connectivity index (χ1n) is 7.99. The van der Waals surface area contributed by atoms with Gasteiger partial charge in [-0.2, -0.15) is 0 Å². The maximum atomic E-state index is 14.0. The van der Waals surface area contributed by atoms with E-state index in [9.17, 15) is 18.8 Å². The number of hydrogen-bond acceptors (Lipinski definition) is 5. The lowest BCUT2D eigenvalue weighted by molar-refractivity contribution is -0.136. The predicted octanol–water partition coefficient (Wildman–Crippen LogP) is 3.23. The van der Waals surface area contributed by atoms with Crippen LogP contribution in [0.15, 0.2) is 48.5 Å². The third-order valence-corrected chi connectivity index (χ3v) is 3.47. The van der Waals surface area contributed by atoms with Gasteiger partial charge in [0.1, 0.15) is 11.6 Å². The Morgan fingerprint density at radius 3 is 2.56 bits per heavy atom. The van der Waals surface area contributed by atoms with Crippen molar-refractivity contribution in [3.05, 3.63) is 65.5 Å². The topological polar surface area (TPSA) is 81.7 Å². The third kappa shape index (κ3) is 5.78. The van der Waals surface area contributed by atoms with E-state index in [2.05, 4.69) is 5.32 Å². The zero-order valence-electron chi connectivity index (χ0n) is 14.8. The van der Waals surface area contributed by atoms with Gasteiger partial charge in [-0.05, 0) is 30.3 Å². The Hall–Kier alpha value is -3.48. The minimum Gasteiger partial charge on any atom is -0.496 e. The molecule has 0 aliphatic carbocycles. The molecule has 140 valence electrons. The molecule has 6 nitrogen and oxygen atoms in total. The largest absolute Gasteiger partial charge is 0.496 e. The Balaban J connectivity index is 1.96. The minimum absolute atomic E-state index is 0.230. The molecule has 0 unspecified atom stereocenters. The zero-order valence-corrected chi connectivity index (χ0v) is 14.8. The van der Waals surface area contributed by atoms with Gasteiger partial charge in [-0.15, -0.1) is 0 Å². The van der Waals surface area contributed by atoms with Crippen molar-refractivity contribution in [3.8, 4) is 5.75 Å². The number of anilines is 1. The van der Waals surface area contributed by atoms with Crippen LogP contribution in [0.1, 0.15) is 22.8 Å². The van der Waals surface area contributed by atoms with Crippen LogP contribution in [-0.2, 0) is 14.3 Å². The van der Waals surface area contributed by atoms with E-state index in [1.165, 1.54) is 32.2 Å². The number of nitrogens with one attached hydrogen (secondary N) is 1. The highest BCUT2D eigenvalue weighted by Crippen LogP contribution is 2.19. The second kappa shape index (κ2) is 9.28. The van der Waals surface area contributed by atoms with E-state index >= 15 is 0 Å². The third-order valence-electron chi connectivity index (χ3n) is 3.47. The number of carbonyl (C=O) groups is 3. The van der Waals surface area contributed by atoms with Gasteiger partial charge in [0.25, 0.3) is 0 Å². The Bertz CT molecular complexity index is 892. The number of Topliss-reactive ketones (excluding diaryl/α,β-unsaturated/α-hetero) is 1. The Labute approximate surface area is 155 Å². The molecule has 2 aromatic rings. The van der Waals surface area contributed by atoms with E-state index in [4.69, 9.17) is 9.47 Å². The average Bonchev–Trinajstić information content (AvgIpc) is 2.64.